The van der Waals surface area contributed by atoms with Crippen molar-refractivity contribution < 1.29 is 9.15 Å². The Morgan fingerprint density at radius 1 is 0.471 bits per heavy atom. The van der Waals surface area contributed by atoms with Crippen LogP contribution in [0.2, 0.25) is 0 Å². The zero-order valence-electron chi connectivity index (χ0n) is 38.7. The van der Waals surface area contributed by atoms with Crippen LogP contribution in [0, 0.1) is 0 Å². The minimum absolute atomic E-state index is 0.0824. The SMILES string of the molecule is CCCCc1cc2oc3ccccc3c2cc1N1c2cc(-n3c4ccccc4c4ccccc43)ccc2B2c3ccc(-n4c5ccccc5c5ccccc54)cc3Oc3cc(C(C)(C)C)cc1c32. The molecular weight excluding hydrogens is 830 g/mol. The summed E-state index contributed by atoms with van der Waals surface area (Å²) in [5, 5.41) is 7.23. The van der Waals surface area contributed by atoms with E-state index in [-0.39, 0.29) is 12.1 Å². The summed E-state index contributed by atoms with van der Waals surface area (Å²) >= 11 is 0. The number of rotatable bonds is 6. The van der Waals surface area contributed by atoms with Crippen molar-refractivity contribution in [1.82, 2.24) is 9.13 Å². The van der Waals surface area contributed by atoms with Crippen LogP contribution in [-0.4, -0.2) is 15.8 Å². The number of aryl methyl sites for hydroxylation is 1. The molecule has 14 rings (SSSR count). The van der Waals surface area contributed by atoms with Crippen molar-refractivity contribution in [3.8, 4) is 22.9 Å². The fourth-order valence-electron chi connectivity index (χ4n) is 11.7. The topological polar surface area (TPSA) is 35.5 Å². The van der Waals surface area contributed by atoms with Gasteiger partial charge in [0.2, 0.25) is 0 Å². The lowest BCUT2D eigenvalue weighted by atomic mass is 9.34. The number of aromatic nitrogens is 2. The number of anilines is 3. The van der Waals surface area contributed by atoms with Crippen LogP contribution in [0.25, 0.3) is 76.9 Å². The van der Waals surface area contributed by atoms with E-state index in [1.807, 2.05) is 0 Å². The van der Waals surface area contributed by atoms with Crippen LogP contribution in [0.15, 0.2) is 186 Å². The van der Waals surface area contributed by atoms with E-state index in [1.165, 1.54) is 82.5 Å². The van der Waals surface area contributed by atoms with E-state index in [2.05, 4.69) is 224 Å². The molecule has 0 unspecified atom stereocenters. The molecule has 2 aliphatic rings. The Morgan fingerprint density at radius 2 is 1.03 bits per heavy atom. The number of para-hydroxylation sites is 5. The molecule has 0 saturated heterocycles. The van der Waals surface area contributed by atoms with Crippen LogP contribution in [-0.2, 0) is 11.8 Å². The highest BCUT2D eigenvalue weighted by Crippen LogP contribution is 2.47. The van der Waals surface area contributed by atoms with Gasteiger partial charge >= 0.3 is 0 Å². The van der Waals surface area contributed by atoms with Crippen molar-refractivity contribution in [2.24, 2.45) is 0 Å². The molecule has 0 fully saturated rings. The zero-order chi connectivity index (χ0) is 45.4. The lowest BCUT2D eigenvalue weighted by Gasteiger charge is -2.42. The molecule has 0 aliphatic carbocycles. The molecule has 0 saturated carbocycles. The van der Waals surface area contributed by atoms with E-state index in [4.69, 9.17) is 9.15 Å². The third-order valence-electron chi connectivity index (χ3n) is 14.9. The predicted molar refractivity (Wildman–Crippen MR) is 286 cm³/mol. The second-order valence-corrected chi connectivity index (χ2v) is 19.9. The molecule has 5 heterocycles. The summed E-state index contributed by atoms with van der Waals surface area (Å²) in [6.07, 6.45) is 3.07. The molecule has 0 radical (unpaired) electrons. The Kier molecular flexibility index (Phi) is 8.38. The number of hydrogen-bond acceptors (Lipinski definition) is 3. The fraction of sp³-hybridized carbons (Fsp3) is 0.129. The number of furan rings is 1. The lowest BCUT2D eigenvalue weighted by molar-refractivity contribution is 0.483. The minimum Gasteiger partial charge on any atom is -0.458 e. The summed E-state index contributed by atoms with van der Waals surface area (Å²) in [6.45, 7) is 9.14. The molecule has 2 aliphatic heterocycles. The van der Waals surface area contributed by atoms with E-state index >= 15 is 0 Å². The lowest BCUT2D eigenvalue weighted by Crippen LogP contribution is -2.59. The summed E-state index contributed by atoms with van der Waals surface area (Å²) in [7, 11) is 0. The maximum absolute atomic E-state index is 7.35. The van der Waals surface area contributed by atoms with Crippen LogP contribution in [0.1, 0.15) is 51.7 Å². The van der Waals surface area contributed by atoms with Gasteiger partial charge in [0.1, 0.15) is 22.7 Å². The van der Waals surface area contributed by atoms with Crippen molar-refractivity contribution in [3.63, 3.8) is 0 Å². The highest BCUT2D eigenvalue weighted by molar-refractivity contribution is 6.99. The van der Waals surface area contributed by atoms with Crippen LogP contribution in [0.4, 0.5) is 17.1 Å². The van der Waals surface area contributed by atoms with Crippen molar-refractivity contribution in [1.29, 1.82) is 0 Å². The molecule has 5 nitrogen and oxygen atoms in total. The Hall–Kier alpha value is -7.96. The number of hydrogen-bond donors (Lipinski definition) is 0. The molecule has 0 amide bonds. The molecule has 0 N–H and O–H groups in total. The predicted octanol–water partition coefficient (Wildman–Crippen LogP) is 14.8. The van der Waals surface area contributed by atoms with Crippen LogP contribution < -0.4 is 26.0 Å². The van der Waals surface area contributed by atoms with Crippen LogP contribution >= 0.6 is 0 Å². The molecule has 6 heteroatoms. The largest absolute Gasteiger partial charge is 0.458 e. The second kappa shape index (κ2) is 14.5. The van der Waals surface area contributed by atoms with Gasteiger partial charge in [0.25, 0.3) is 6.71 Å². The second-order valence-electron chi connectivity index (χ2n) is 19.9. The monoisotopic (exact) mass is 877 g/mol. The van der Waals surface area contributed by atoms with Gasteiger partial charge in [-0.3, -0.25) is 0 Å². The van der Waals surface area contributed by atoms with Crippen molar-refractivity contribution in [3.05, 3.63) is 193 Å². The van der Waals surface area contributed by atoms with Gasteiger partial charge in [-0.05, 0) is 119 Å². The van der Waals surface area contributed by atoms with Crippen molar-refractivity contribution in [2.75, 3.05) is 4.90 Å². The average Bonchev–Trinajstić information content (AvgIpc) is 4.02. The summed E-state index contributed by atoms with van der Waals surface area (Å²) in [6, 6.07) is 67.2. The van der Waals surface area contributed by atoms with E-state index in [0.29, 0.717) is 0 Å². The first kappa shape index (κ1) is 39.2. The molecule has 0 atom stereocenters. The molecule has 9 aromatic carbocycles. The molecule has 0 spiro atoms. The highest BCUT2D eigenvalue weighted by Gasteiger charge is 2.43. The summed E-state index contributed by atoms with van der Waals surface area (Å²) < 4.78 is 18.8. The fourth-order valence-corrected chi connectivity index (χ4v) is 11.7. The van der Waals surface area contributed by atoms with Gasteiger partial charge in [-0.25, -0.2) is 0 Å². The summed E-state index contributed by atoms with van der Waals surface area (Å²) in [5.41, 5.74) is 18.2. The number of benzene rings is 9. The maximum Gasteiger partial charge on any atom is 0.256 e. The molecule has 12 aromatic rings. The van der Waals surface area contributed by atoms with E-state index in [0.717, 1.165) is 69.8 Å². The number of fused-ring (bicyclic) bond motifs is 13. The number of ether oxygens (including phenoxy) is 1. The third-order valence-corrected chi connectivity index (χ3v) is 14.9. The minimum atomic E-state index is -0.165. The molecule has 3 aromatic heterocycles. The maximum atomic E-state index is 7.35. The summed E-state index contributed by atoms with van der Waals surface area (Å²) in [4.78, 5) is 2.59. The average molecular weight is 878 g/mol. The van der Waals surface area contributed by atoms with Crippen molar-refractivity contribution >= 4 is 106 Å². The standard InChI is InChI=1S/C62H48BN3O2/c1-5-6-17-38-32-58-47(46-22-11-16-27-57(46)67-58)37-54(38)66-55-35-40(64-50-23-12-7-18-42(50)43-19-8-13-24-51(43)64)28-30-48(55)63-49-31-29-41(65-52-25-14-9-20-44(52)45-21-10-15-26-53(45)65)36-59(49)68-60-34-39(62(2,3)4)33-56(66)61(60)63/h7-16,18-37H,5-6,17H2,1-4H3. The van der Waals surface area contributed by atoms with Crippen molar-refractivity contribution in [2.45, 2.75) is 52.4 Å². The quantitative estimate of drug-likeness (QED) is 0.156. The molecule has 326 valence electrons. The van der Waals surface area contributed by atoms with Gasteiger partial charge in [-0.1, -0.05) is 137 Å². The van der Waals surface area contributed by atoms with Gasteiger partial charge in [0, 0.05) is 61.1 Å². The van der Waals surface area contributed by atoms with Gasteiger partial charge in [-0.15, -0.1) is 0 Å². The number of unbranched alkanes of at least 4 members (excludes halogenated alkanes) is 1. The van der Waals surface area contributed by atoms with E-state index in [1.54, 1.807) is 0 Å². The van der Waals surface area contributed by atoms with Gasteiger partial charge < -0.3 is 23.2 Å². The van der Waals surface area contributed by atoms with E-state index in [9.17, 15) is 0 Å². The van der Waals surface area contributed by atoms with Gasteiger partial charge in [0.05, 0.1) is 27.8 Å². The van der Waals surface area contributed by atoms with E-state index < -0.39 is 0 Å². The normalized spacial score (nSPS) is 13.2. The summed E-state index contributed by atoms with van der Waals surface area (Å²) in [5.74, 6) is 1.80. The first-order valence-electron chi connectivity index (χ1n) is 24.2. The zero-order valence-corrected chi connectivity index (χ0v) is 38.7. The van der Waals surface area contributed by atoms with Gasteiger partial charge in [0.15, 0.2) is 0 Å². The molecular formula is C62H48BN3O2. The number of nitrogens with zero attached hydrogens (tertiary/aromatic N) is 3. The molecule has 0 bridgehead atoms. The van der Waals surface area contributed by atoms with Crippen LogP contribution in [0.3, 0.4) is 0 Å². The van der Waals surface area contributed by atoms with Crippen LogP contribution in [0.5, 0.6) is 11.5 Å². The Morgan fingerprint density at radius 3 is 1.63 bits per heavy atom. The first-order valence-corrected chi connectivity index (χ1v) is 24.2. The third kappa shape index (κ3) is 5.64. The Labute approximate surface area is 395 Å². The molecule has 68 heavy (non-hydrogen) atoms. The first-order chi connectivity index (χ1) is 33.3. The Bertz CT molecular complexity index is 3960. The smallest absolute Gasteiger partial charge is 0.256 e. The van der Waals surface area contributed by atoms with Gasteiger partial charge in [-0.2, -0.15) is 0 Å². The Balaban J connectivity index is 1.07. The highest BCUT2D eigenvalue weighted by atomic mass is 16.5.